The van der Waals surface area contributed by atoms with E-state index in [9.17, 15) is 13.2 Å². The summed E-state index contributed by atoms with van der Waals surface area (Å²) in [6, 6.07) is 3.97. The Labute approximate surface area is 128 Å². The van der Waals surface area contributed by atoms with Crippen molar-refractivity contribution in [3.05, 3.63) is 28.2 Å². The van der Waals surface area contributed by atoms with E-state index in [1.54, 1.807) is 0 Å². The molecule has 1 amide bonds. The lowest BCUT2D eigenvalue weighted by Crippen LogP contribution is -2.39. The number of amides is 1. The Morgan fingerprint density at radius 1 is 1.20 bits per heavy atom. The maximum atomic E-state index is 12.0. The van der Waals surface area contributed by atoms with E-state index in [2.05, 4.69) is 4.72 Å². The second-order valence-corrected chi connectivity index (χ2v) is 6.55. The fourth-order valence-electron chi connectivity index (χ4n) is 1.57. The summed E-state index contributed by atoms with van der Waals surface area (Å²) in [5.41, 5.74) is 0. The Kier molecular flexibility index (Phi) is 6.26. The van der Waals surface area contributed by atoms with E-state index in [0.29, 0.717) is 13.1 Å². The van der Waals surface area contributed by atoms with Gasteiger partial charge in [-0.3, -0.25) is 4.79 Å². The number of rotatable bonds is 6. The molecule has 1 rings (SSSR count). The first-order chi connectivity index (χ1) is 9.31. The normalized spacial score (nSPS) is 11.4. The van der Waals surface area contributed by atoms with Gasteiger partial charge >= 0.3 is 0 Å². The predicted molar refractivity (Wildman–Crippen MR) is 79.6 cm³/mol. The molecule has 0 spiro atoms. The van der Waals surface area contributed by atoms with Crippen molar-refractivity contribution in [2.24, 2.45) is 0 Å². The summed E-state index contributed by atoms with van der Waals surface area (Å²) in [4.78, 5) is 13.3. The molecule has 0 radical (unpaired) electrons. The molecule has 1 N–H and O–H groups in total. The summed E-state index contributed by atoms with van der Waals surface area (Å²) in [5.74, 6) is -0.279. The summed E-state index contributed by atoms with van der Waals surface area (Å²) in [6.07, 6.45) is 0. The van der Waals surface area contributed by atoms with Crippen molar-refractivity contribution in [2.45, 2.75) is 18.7 Å². The maximum Gasteiger partial charge on any atom is 0.241 e. The summed E-state index contributed by atoms with van der Waals surface area (Å²) >= 11 is 11.5. The number of benzene rings is 1. The molecule has 0 aromatic heterocycles. The van der Waals surface area contributed by atoms with Crippen molar-refractivity contribution in [3.63, 3.8) is 0 Å². The smallest absolute Gasteiger partial charge is 0.241 e. The molecule has 0 aliphatic rings. The van der Waals surface area contributed by atoms with Crippen LogP contribution in [0.1, 0.15) is 13.8 Å². The highest BCUT2D eigenvalue weighted by Gasteiger charge is 2.18. The number of carbonyl (C=O) groups is 1. The molecule has 5 nitrogen and oxygen atoms in total. The van der Waals surface area contributed by atoms with E-state index in [4.69, 9.17) is 23.2 Å². The summed E-state index contributed by atoms with van der Waals surface area (Å²) in [7, 11) is -3.79. The van der Waals surface area contributed by atoms with Gasteiger partial charge in [0.2, 0.25) is 15.9 Å². The molecule has 0 aliphatic carbocycles. The van der Waals surface area contributed by atoms with Crippen molar-refractivity contribution in [1.29, 1.82) is 0 Å². The number of hydrogen-bond donors (Lipinski definition) is 1. The van der Waals surface area contributed by atoms with Gasteiger partial charge in [0.15, 0.2) is 0 Å². The Balaban J connectivity index is 2.80. The van der Waals surface area contributed by atoms with E-state index in [-0.39, 0.29) is 27.4 Å². The Bertz CT molecular complexity index is 586. The van der Waals surface area contributed by atoms with Crippen LogP contribution in [0.25, 0.3) is 0 Å². The number of hydrogen-bond acceptors (Lipinski definition) is 3. The fraction of sp³-hybridized carbons (Fsp3) is 0.417. The largest absolute Gasteiger partial charge is 0.342 e. The fourth-order valence-corrected chi connectivity index (χ4v) is 2.94. The van der Waals surface area contributed by atoms with Crippen molar-refractivity contribution in [1.82, 2.24) is 9.62 Å². The van der Waals surface area contributed by atoms with E-state index in [0.717, 1.165) is 0 Å². The van der Waals surface area contributed by atoms with E-state index in [1.807, 2.05) is 13.8 Å². The van der Waals surface area contributed by atoms with Crippen molar-refractivity contribution < 1.29 is 13.2 Å². The van der Waals surface area contributed by atoms with Crippen LogP contribution in [0.2, 0.25) is 10.0 Å². The van der Waals surface area contributed by atoms with Crippen LogP contribution in [0.4, 0.5) is 0 Å². The highest BCUT2D eigenvalue weighted by atomic mass is 35.5. The van der Waals surface area contributed by atoms with Crippen molar-refractivity contribution in [2.75, 3.05) is 19.6 Å². The molecule has 0 bridgehead atoms. The van der Waals surface area contributed by atoms with Gasteiger partial charge in [-0.1, -0.05) is 23.2 Å². The highest BCUT2D eigenvalue weighted by molar-refractivity contribution is 7.89. The van der Waals surface area contributed by atoms with Crippen LogP contribution in [0.5, 0.6) is 0 Å². The number of sulfonamides is 1. The van der Waals surface area contributed by atoms with Gasteiger partial charge in [0.1, 0.15) is 0 Å². The minimum absolute atomic E-state index is 0.0285. The molecule has 112 valence electrons. The molecule has 0 saturated carbocycles. The predicted octanol–water partition coefficient (Wildman–Crippen LogP) is 2.14. The average Bonchev–Trinajstić information content (AvgIpc) is 2.41. The Morgan fingerprint density at radius 2 is 1.80 bits per heavy atom. The zero-order valence-electron chi connectivity index (χ0n) is 11.2. The first-order valence-electron chi connectivity index (χ1n) is 6.04. The minimum atomic E-state index is -3.79. The molecule has 0 atom stereocenters. The van der Waals surface area contributed by atoms with Crippen LogP contribution < -0.4 is 4.72 Å². The van der Waals surface area contributed by atoms with Gasteiger partial charge in [-0.15, -0.1) is 0 Å². The van der Waals surface area contributed by atoms with Crippen LogP contribution in [0, 0.1) is 0 Å². The molecule has 0 fully saturated rings. The first-order valence-corrected chi connectivity index (χ1v) is 8.28. The van der Waals surface area contributed by atoms with Crippen LogP contribution in [-0.2, 0) is 14.8 Å². The molecule has 1 aromatic carbocycles. The van der Waals surface area contributed by atoms with Crippen LogP contribution in [0.3, 0.4) is 0 Å². The Hall–Kier alpha value is -0.820. The van der Waals surface area contributed by atoms with Gasteiger partial charge in [-0.2, -0.15) is 0 Å². The minimum Gasteiger partial charge on any atom is -0.342 e. The summed E-state index contributed by atoms with van der Waals surface area (Å²) in [5, 5.41) is 0.412. The van der Waals surface area contributed by atoms with Gasteiger partial charge in [-0.25, -0.2) is 13.1 Å². The van der Waals surface area contributed by atoms with Gasteiger partial charge in [-0.05, 0) is 32.0 Å². The summed E-state index contributed by atoms with van der Waals surface area (Å²) in [6.45, 7) is 4.43. The molecule has 20 heavy (non-hydrogen) atoms. The third-order valence-electron chi connectivity index (χ3n) is 2.73. The number of likely N-dealkylation sites (N-methyl/N-ethyl adjacent to an activating group) is 1. The maximum absolute atomic E-state index is 12.0. The molecular weight excluding hydrogens is 323 g/mol. The van der Waals surface area contributed by atoms with E-state index >= 15 is 0 Å². The van der Waals surface area contributed by atoms with E-state index in [1.165, 1.54) is 23.1 Å². The number of nitrogens with zero attached hydrogens (tertiary/aromatic N) is 1. The van der Waals surface area contributed by atoms with Crippen LogP contribution in [0.15, 0.2) is 23.1 Å². The molecule has 1 aromatic rings. The van der Waals surface area contributed by atoms with Crippen LogP contribution >= 0.6 is 23.2 Å². The third-order valence-corrected chi connectivity index (χ3v) is 4.87. The Morgan fingerprint density at radius 3 is 2.30 bits per heavy atom. The lowest BCUT2D eigenvalue weighted by Gasteiger charge is -2.18. The second kappa shape index (κ2) is 7.26. The van der Waals surface area contributed by atoms with Gasteiger partial charge in [0, 0.05) is 13.1 Å². The molecule has 0 unspecified atom stereocenters. The first kappa shape index (κ1) is 17.2. The standard InChI is InChI=1S/C12H16Cl2N2O3S/c1-3-16(4-2)12(17)8-15-20(18,19)9-5-6-10(13)11(14)7-9/h5-7,15H,3-4,8H2,1-2H3. The SMILES string of the molecule is CCN(CC)C(=O)CNS(=O)(=O)c1ccc(Cl)c(Cl)c1. The average molecular weight is 339 g/mol. The lowest BCUT2D eigenvalue weighted by atomic mass is 10.4. The monoisotopic (exact) mass is 338 g/mol. The molecular formula is C12H16Cl2N2O3S. The second-order valence-electron chi connectivity index (χ2n) is 3.97. The third kappa shape index (κ3) is 4.34. The van der Waals surface area contributed by atoms with Crippen molar-refractivity contribution >= 4 is 39.1 Å². The van der Waals surface area contributed by atoms with Gasteiger partial charge in [0.05, 0.1) is 21.5 Å². The van der Waals surface area contributed by atoms with Gasteiger partial charge in [0.25, 0.3) is 0 Å². The van der Waals surface area contributed by atoms with Crippen LogP contribution in [-0.4, -0.2) is 38.9 Å². The topological polar surface area (TPSA) is 66.5 Å². The number of nitrogens with one attached hydrogen (secondary N) is 1. The summed E-state index contributed by atoms with van der Waals surface area (Å²) < 4.78 is 26.3. The highest BCUT2D eigenvalue weighted by Crippen LogP contribution is 2.24. The van der Waals surface area contributed by atoms with Gasteiger partial charge < -0.3 is 4.90 Å². The number of halogens is 2. The molecule has 0 heterocycles. The zero-order chi connectivity index (χ0) is 15.3. The molecule has 8 heteroatoms. The quantitative estimate of drug-likeness (QED) is 0.864. The zero-order valence-corrected chi connectivity index (χ0v) is 13.5. The van der Waals surface area contributed by atoms with Crippen molar-refractivity contribution in [3.8, 4) is 0 Å². The molecule has 0 saturated heterocycles. The lowest BCUT2D eigenvalue weighted by molar-refractivity contribution is -0.129. The van der Waals surface area contributed by atoms with E-state index < -0.39 is 10.0 Å². The number of carbonyl (C=O) groups excluding carboxylic acids is 1. The molecule has 0 aliphatic heterocycles.